The summed E-state index contributed by atoms with van der Waals surface area (Å²) < 4.78 is 5.33. The van der Waals surface area contributed by atoms with Crippen LogP contribution in [0.1, 0.15) is 50.7 Å². The zero-order valence-corrected chi connectivity index (χ0v) is 10.5. The fourth-order valence-corrected chi connectivity index (χ4v) is 3.29. The average Bonchev–Trinajstić information content (AvgIpc) is 2.87. The molecule has 0 aliphatic carbocycles. The minimum atomic E-state index is 0.740. The van der Waals surface area contributed by atoms with Gasteiger partial charge in [0.05, 0.1) is 0 Å². The Kier molecular flexibility index (Phi) is 3.14. The minimum absolute atomic E-state index is 0.740. The Balaban J connectivity index is 1.58. The summed E-state index contributed by atoms with van der Waals surface area (Å²) in [6, 6.07) is 1.49. The van der Waals surface area contributed by atoms with Crippen LogP contribution in [-0.4, -0.2) is 22.2 Å². The van der Waals surface area contributed by atoms with Gasteiger partial charge in [-0.05, 0) is 38.0 Å². The monoisotopic (exact) mass is 235 g/mol. The molecule has 2 unspecified atom stereocenters. The summed E-state index contributed by atoms with van der Waals surface area (Å²) in [4.78, 5) is 4.47. The van der Waals surface area contributed by atoms with Crippen molar-refractivity contribution in [3.8, 4) is 0 Å². The molecule has 17 heavy (non-hydrogen) atoms. The van der Waals surface area contributed by atoms with Crippen LogP contribution in [0.15, 0.2) is 4.52 Å². The highest BCUT2D eigenvalue weighted by Crippen LogP contribution is 2.32. The number of aromatic nitrogens is 2. The predicted octanol–water partition coefficient (Wildman–Crippen LogP) is 2.10. The molecule has 1 N–H and O–H groups in total. The highest BCUT2D eigenvalue weighted by Gasteiger charge is 2.34. The number of nitrogens with zero attached hydrogens (tertiary/aromatic N) is 2. The van der Waals surface area contributed by atoms with E-state index in [9.17, 15) is 0 Å². The molecular formula is C13H21N3O. The molecule has 2 bridgehead atoms. The number of piperidine rings is 1. The van der Waals surface area contributed by atoms with Crippen molar-refractivity contribution in [3.63, 3.8) is 0 Å². The molecule has 4 nitrogen and oxygen atoms in total. The Morgan fingerprint density at radius 2 is 2.06 bits per heavy atom. The Bertz CT molecular complexity index is 364. The van der Waals surface area contributed by atoms with E-state index in [4.69, 9.17) is 4.52 Å². The molecule has 0 spiro atoms. The van der Waals surface area contributed by atoms with Crippen molar-refractivity contribution in [2.75, 3.05) is 0 Å². The third kappa shape index (κ3) is 2.51. The molecule has 0 radical (unpaired) electrons. The number of hydrogen-bond acceptors (Lipinski definition) is 4. The summed E-state index contributed by atoms with van der Waals surface area (Å²) in [6.45, 7) is 2.14. The van der Waals surface area contributed by atoms with Gasteiger partial charge in [-0.25, -0.2) is 0 Å². The number of hydrogen-bond donors (Lipinski definition) is 1. The second-order valence-electron chi connectivity index (χ2n) is 5.53. The van der Waals surface area contributed by atoms with Gasteiger partial charge in [0.15, 0.2) is 5.82 Å². The van der Waals surface area contributed by atoms with Crippen LogP contribution in [0, 0.1) is 5.92 Å². The third-order valence-corrected chi connectivity index (χ3v) is 4.02. The maximum atomic E-state index is 5.33. The molecule has 1 aromatic heterocycles. The predicted molar refractivity (Wildman–Crippen MR) is 64.7 cm³/mol. The second kappa shape index (κ2) is 4.77. The van der Waals surface area contributed by atoms with E-state index in [0.29, 0.717) is 0 Å². The van der Waals surface area contributed by atoms with Crippen LogP contribution in [0.4, 0.5) is 0 Å². The summed E-state index contributed by atoms with van der Waals surface area (Å²) in [6.07, 6.45) is 8.25. The van der Waals surface area contributed by atoms with Crippen molar-refractivity contribution in [1.82, 2.24) is 15.5 Å². The summed E-state index contributed by atoms with van der Waals surface area (Å²) in [5.74, 6) is 2.46. The lowest BCUT2D eigenvalue weighted by Gasteiger charge is -2.27. The molecule has 2 saturated heterocycles. The van der Waals surface area contributed by atoms with Crippen LogP contribution in [-0.2, 0) is 12.8 Å². The summed E-state index contributed by atoms with van der Waals surface area (Å²) in [5.41, 5.74) is 0. The SMILES string of the molecule is CCCc1noc(CC2CC3CCC(C2)N3)n1. The van der Waals surface area contributed by atoms with Gasteiger partial charge in [0.1, 0.15) is 0 Å². The van der Waals surface area contributed by atoms with Crippen LogP contribution in [0.5, 0.6) is 0 Å². The molecule has 2 aliphatic rings. The van der Waals surface area contributed by atoms with Crippen LogP contribution >= 0.6 is 0 Å². The van der Waals surface area contributed by atoms with Crippen molar-refractivity contribution in [2.45, 2.75) is 64.0 Å². The summed E-state index contributed by atoms with van der Waals surface area (Å²) >= 11 is 0. The third-order valence-electron chi connectivity index (χ3n) is 4.02. The minimum Gasteiger partial charge on any atom is -0.339 e. The molecule has 0 amide bonds. The quantitative estimate of drug-likeness (QED) is 0.868. The second-order valence-corrected chi connectivity index (χ2v) is 5.53. The zero-order valence-electron chi connectivity index (χ0n) is 10.5. The number of rotatable bonds is 4. The van der Waals surface area contributed by atoms with Crippen molar-refractivity contribution < 1.29 is 4.52 Å². The van der Waals surface area contributed by atoms with Crippen molar-refractivity contribution in [2.24, 2.45) is 5.92 Å². The number of aryl methyl sites for hydroxylation is 1. The van der Waals surface area contributed by atoms with Crippen molar-refractivity contribution in [1.29, 1.82) is 0 Å². The Labute approximate surface area is 102 Å². The van der Waals surface area contributed by atoms with Crippen LogP contribution in [0.25, 0.3) is 0 Å². The molecule has 3 rings (SSSR count). The highest BCUT2D eigenvalue weighted by atomic mass is 16.5. The van der Waals surface area contributed by atoms with E-state index in [1.165, 1.54) is 25.7 Å². The lowest BCUT2D eigenvalue weighted by molar-refractivity contribution is 0.270. The lowest BCUT2D eigenvalue weighted by Crippen LogP contribution is -2.38. The fourth-order valence-electron chi connectivity index (χ4n) is 3.29. The summed E-state index contributed by atoms with van der Waals surface area (Å²) in [7, 11) is 0. The number of nitrogens with one attached hydrogen (secondary N) is 1. The van der Waals surface area contributed by atoms with Gasteiger partial charge in [0, 0.05) is 24.9 Å². The van der Waals surface area contributed by atoms with Gasteiger partial charge in [-0.2, -0.15) is 4.98 Å². The summed E-state index contributed by atoms with van der Waals surface area (Å²) in [5, 5.41) is 7.69. The first-order chi connectivity index (χ1) is 8.33. The Hall–Kier alpha value is -0.900. The largest absolute Gasteiger partial charge is 0.339 e. The van der Waals surface area contributed by atoms with Gasteiger partial charge in [0.2, 0.25) is 5.89 Å². The lowest BCUT2D eigenvalue weighted by atomic mass is 9.90. The molecule has 2 aliphatic heterocycles. The average molecular weight is 235 g/mol. The standard InChI is InChI=1S/C13H21N3O/c1-2-3-12-15-13(17-16-12)8-9-6-10-4-5-11(7-9)14-10/h9-11,14H,2-8H2,1H3. The smallest absolute Gasteiger partial charge is 0.226 e. The van der Waals surface area contributed by atoms with E-state index in [1.807, 2.05) is 0 Å². The topological polar surface area (TPSA) is 51.0 Å². The maximum absolute atomic E-state index is 5.33. The first-order valence-corrected chi connectivity index (χ1v) is 6.91. The molecule has 2 fully saturated rings. The maximum Gasteiger partial charge on any atom is 0.226 e. The fraction of sp³-hybridized carbons (Fsp3) is 0.846. The Morgan fingerprint density at radius 3 is 2.76 bits per heavy atom. The normalized spacial score (nSPS) is 31.9. The van der Waals surface area contributed by atoms with E-state index in [0.717, 1.165) is 49.0 Å². The van der Waals surface area contributed by atoms with E-state index < -0.39 is 0 Å². The van der Waals surface area contributed by atoms with Gasteiger partial charge in [-0.3, -0.25) is 0 Å². The van der Waals surface area contributed by atoms with Gasteiger partial charge in [0.25, 0.3) is 0 Å². The molecule has 3 heterocycles. The van der Waals surface area contributed by atoms with E-state index in [-0.39, 0.29) is 0 Å². The van der Waals surface area contributed by atoms with Gasteiger partial charge in [-0.15, -0.1) is 0 Å². The molecule has 1 aromatic rings. The van der Waals surface area contributed by atoms with E-state index in [1.54, 1.807) is 0 Å². The van der Waals surface area contributed by atoms with Crippen molar-refractivity contribution in [3.05, 3.63) is 11.7 Å². The van der Waals surface area contributed by atoms with Gasteiger partial charge in [-0.1, -0.05) is 12.1 Å². The van der Waals surface area contributed by atoms with E-state index >= 15 is 0 Å². The molecule has 0 saturated carbocycles. The highest BCUT2D eigenvalue weighted by molar-refractivity contribution is 4.96. The molecule has 0 aromatic carbocycles. The Morgan fingerprint density at radius 1 is 1.29 bits per heavy atom. The first-order valence-electron chi connectivity index (χ1n) is 6.91. The van der Waals surface area contributed by atoms with Crippen molar-refractivity contribution >= 4 is 0 Å². The van der Waals surface area contributed by atoms with Crippen LogP contribution in [0.3, 0.4) is 0 Å². The molecular weight excluding hydrogens is 214 g/mol. The van der Waals surface area contributed by atoms with Gasteiger partial charge >= 0.3 is 0 Å². The zero-order chi connectivity index (χ0) is 11.7. The molecule has 4 heteroatoms. The molecule has 94 valence electrons. The van der Waals surface area contributed by atoms with E-state index in [2.05, 4.69) is 22.4 Å². The number of fused-ring (bicyclic) bond motifs is 2. The first kappa shape index (κ1) is 11.2. The van der Waals surface area contributed by atoms with Gasteiger partial charge < -0.3 is 9.84 Å². The van der Waals surface area contributed by atoms with Crippen LogP contribution < -0.4 is 5.32 Å². The van der Waals surface area contributed by atoms with Crippen LogP contribution in [0.2, 0.25) is 0 Å². The molecule has 2 atom stereocenters.